The monoisotopic (exact) mass is 537 g/mol. The van der Waals surface area contributed by atoms with Gasteiger partial charge in [0.05, 0.1) is 33.4 Å². The molecule has 0 fully saturated rings. The Hall–Kier alpha value is -5.29. The molecule has 12 heteroatoms. The Kier molecular flexibility index (Phi) is 7.45. The lowest BCUT2D eigenvalue weighted by Crippen LogP contribution is -3.00. The molecule has 0 aliphatic heterocycles. The molecule has 0 aromatic heterocycles. The van der Waals surface area contributed by atoms with E-state index in [0.29, 0.717) is 0 Å². The summed E-state index contributed by atoms with van der Waals surface area (Å²) >= 11 is 0. The molecule has 0 saturated heterocycles. The maximum Gasteiger partial charge on any atom is 0.347 e. The van der Waals surface area contributed by atoms with Crippen LogP contribution in [0.4, 0.5) is 0 Å². The predicted molar refractivity (Wildman–Crippen MR) is 125 cm³/mol. The third-order valence-electron chi connectivity index (χ3n) is 5.60. The Bertz CT molecular complexity index is 1580. The minimum atomic E-state index is -1.67. The summed E-state index contributed by atoms with van der Waals surface area (Å²) in [4.78, 5) is 73.4. The Labute approximate surface area is 217 Å². The van der Waals surface area contributed by atoms with Crippen molar-refractivity contribution in [3.05, 3.63) is 94.0 Å². The Balaban J connectivity index is 0.00000400. The van der Waals surface area contributed by atoms with Gasteiger partial charge in [-0.1, -0.05) is 48.5 Å². The van der Waals surface area contributed by atoms with E-state index in [4.69, 9.17) is 4.74 Å². The van der Waals surface area contributed by atoms with Gasteiger partial charge in [0.15, 0.2) is 0 Å². The number of aromatic carboxylic acids is 4. The van der Waals surface area contributed by atoms with Crippen LogP contribution in [0.3, 0.4) is 0 Å². The van der Waals surface area contributed by atoms with Crippen molar-refractivity contribution >= 4 is 57.4 Å². The van der Waals surface area contributed by atoms with Gasteiger partial charge >= 0.3 is 35.8 Å². The molecule has 0 unspecified atom stereocenters. The van der Waals surface area contributed by atoms with Crippen molar-refractivity contribution in [3.8, 4) is 0 Å². The normalized spacial score (nSPS) is 10.4. The van der Waals surface area contributed by atoms with Crippen LogP contribution in [0.15, 0.2) is 60.7 Å². The van der Waals surface area contributed by atoms with Gasteiger partial charge in [0.25, 0.3) is 0 Å². The van der Waals surface area contributed by atoms with Crippen molar-refractivity contribution in [1.82, 2.24) is 0 Å². The molecule has 0 atom stereocenters. The highest BCUT2D eigenvalue weighted by molar-refractivity contribution is 6.22. The Morgan fingerprint density at radius 2 is 0.763 bits per heavy atom. The number of carboxylic acid groups (broad SMARTS) is 4. The highest BCUT2D eigenvalue weighted by atomic mass is 35.5. The SMILES string of the molecule is O=C(O)c1cc(C(=O)O)c2ccccc2c1C(=O)OC(=O)c1c(C(=O)O)cc(C(=O)O)c2ccccc12.[Cl-]. The molecule has 4 rings (SSSR count). The third kappa shape index (κ3) is 4.61. The second-order valence-electron chi connectivity index (χ2n) is 7.68. The van der Waals surface area contributed by atoms with Crippen molar-refractivity contribution in [1.29, 1.82) is 0 Å². The highest BCUT2D eigenvalue weighted by Crippen LogP contribution is 2.30. The average Bonchev–Trinajstić information content (AvgIpc) is 2.85. The molecule has 38 heavy (non-hydrogen) atoms. The number of carbonyl (C=O) groups is 6. The molecule has 0 amide bonds. The molecule has 0 spiro atoms. The lowest BCUT2D eigenvalue weighted by molar-refractivity contribution is -0.000102. The van der Waals surface area contributed by atoms with E-state index in [2.05, 4.69) is 0 Å². The molecule has 0 radical (unpaired) electrons. The molecular weight excluding hydrogens is 524 g/mol. The van der Waals surface area contributed by atoms with Gasteiger partial charge in [0, 0.05) is 0 Å². The molecule has 4 aromatic carbocycles. The summed E-state index contributed by atoms with van der Waals surface area (Å²) in [5.41, 5.74) is -3.55. The number of hydrogen-bond acceptors (Lipinski definition) is 7. The maximum absolute atomic E-state index is 13.1. The van der Waals surface area contributed by atoms with Crippen molar-refractivity contribution in [2.45, 2.75) is 0 Å². The first-order valence-corrected chi connectivity index (χ1v) is 10.3. The molecule has 0 aliphatic carbocycles. The van der Waals surface area contributed by atoms with Crippen molar-refractivity contribution < 1.29 is 66.3 Å². The first-order chi connectivity index (χ1) is 17.5. The smallest absolute Gasteiger partial charge is 0.347 e. The molecule has 4 aromatic rings. The van der Waals surface area contributed by atoms with Crippen molar-refractivity contribution in [3.63, 3.8) is 0 Å². The number of halogens is 1. The average molecular weight is 538 g/mol. The van der Waals surface area contributed by atoms with E-state index in [9.17, 15) is 49.2 Å². The molecule has 0 bridgehead atoms. The number of fused-ring (bicyclic) bond motifs is 2. The summed E-state index contributed by atoms with van der Waals surface area (Å²) in [7, 11) is 0. The molecule has 0 heterocycles. The number of carboxylic acids is 4. The highest BCUT2D eigenvalue weighted by Gasteiger charge is 2.30. The zero-order valence-electron chi connectivity index (χ0n) is 18.8. The van der Waals surface area contributed by atoms with Gasteiger partial charge in [-0.15, -0.1) is 0 Å². The van der Waals surface area contributed by atoms with Gasteiger partial charge in [0.2, 0.25) is 0 Å². The first-order valence-electron chi connectivity index (χ1n) is 10.3. The fourth-order valence-corrected chi connectivity index (χ4v) is 4.07. The van der Waals surface area contributed by atoms with Crippen LogP contribution < -0.4 is 12.4 Å². The van der Waals surface area contributed by atoms with E-state index < -0.39 is 69.2 Å². The predicted octanol–water partition coefficient (Wildman–Crippen LogP) is 0.787. The lowest BCUT2D eigenvalue weighted by atomic mass is 9.93. The molecule has 0 saturated carbocycles. The van der Waals surface area contributed by atoms with Crippen molar-refractivity contribution in [2.75, 3.05) is 0 Å². The van der Waals surface area contributed by atoms with Gasteiger partial charge in [-0.3, -0.25) is 0 Å². The number of ether oxygens (including phenoxy) is 1. The second kappa shape index (κ2) is 10.4. The lowest BCUT2D eigenvalue weighted by Gasteiger charge is -2.14. The molecular formula is C26H14ClO11-. The van der Waals surface area contributed by atoms with E-state index in [1.807, 2.05) is 0 Å². The summed E-state index contributed by atoms with van der Waals surface area (Å²) < 4.78 is 4.92. The van der Waals surface area contributed by atoms with E-state index in [0.717, 1.165) is 12.1 Å². The van der Waals surface area contributed by atoms with Crippen LogP contribution in [-0.4, -0.2) is 56.2 Å². The fourth-order valence-electron chi connectivity index (χ4n) is 4.07. The number of carbonyl (C=O) groups excluding carboxylic acids is 2. The van der Waals surface area contributed by atoms with Crippen LogP contribution in [0, 0.1) is 0 Å². The molecule has 4 N–H and O–H groups in total. The van der Waals surface area contributed by atoms with Gasteiger partial charge < -0.3 is 37.6 Å². The largest absolute Gasteiger partial charge is 1.00 e. The minimum absolute atomic E-state index is 0. The number of hydrogen-bond donors (Lipinski definition) is 4. The van der Waals surface area contributed by atoms with Gasteiger partial charge in [-0.25, -0.2) is 28.8 Å². The van der Waals surface area contributed by atoms with Crippen LogP contribution in [0.2, 0.25) is 0 Å². The minimum Gasteiger partial charge on any atom is -1.00 e. The number of esters is 2. The van der Waals surface area contributed by atoms with Crippen molar-refractivity contribution in [2.24, 2.45) is 0 Å². The third-order valence-corrected chi connectivity index (χ3v) is 5.60. The molecule has 0 aliphatic rings. The van der Waals surface area contributed by atoms with E-state index in [1.54, 1.807) is 0 Å². The second-order valence-corrected chi connectivity index (χ2v) is 7.68. The van der Waals surface area contributed by atoms with E-state index >= 15 is 0 Å². The molecule has 192 valence electrons. The van der Waals surface area contributed by atoms with E-state index in [1.165, 1.54) is 48.5 Å². The first kappa shape index (κ1) is 27.3. The Morgan fingerprint density at radius 1 is 0.474 bits per heavy atom. The standard InChI is InChI=1S/C26H14O11.ClH/c27-21(28)15-9-17(23(31)32)19(13-7-3-1-5-11(13)15)25(35)37-26(36)20-14-8-4-2-6-12(14)16(22(29)30)10-18(20)24(33)34;/h1-10H,(H,27,28)(H,29,30)(H,31,32)(H,33,34);1H/p-1. The van der Waals surface area contributed by atoms with Crippen LogP contribution >= 0.6 is 0 Å². The van der Waals surface area contributed by atoms with Crippen LogP contribution in [-0.2, 0) is 4.74 Å². The summed E-state index contributed by atoms with van der Waals surface area (Å²) in [5.74, 6) is -9.20. The number of benzene rings is 4. The summed E-state index contributed by atoms with van der Waals surface area (Å²) in [6, 6.07) is 12.5. The topological polar surface area (TPSA) is 193 Å². The molecule has 11 nitrogen and oxygen atoms in total. The zero-order valence-corrected chi connectivity index (χ0v) is 19.6. The maximum atomic E-state index is 13.1. The zero-order chi connectivity index (χ0) is 27.0. The van der Waals surface area contributed by atoms with Crippen LogP contribution in [0.5, 0.6) is 0 Å². The van der Waals surface area contributed by atoms with Gasteiger partial charge in [-0.05, 0) is 33.7 Å². The number of rotatable bonds is 6. The summed E-state index contributed by atoms with van der Waals surface area (Å²) in [6.07, 6.45) is 0. The Morgan fingerprint density at radius 3 is 1.05 bits per heavy atom. The quantitative estimate of drug-likeness (QED) is 0.201. The van der Waals surface area contributed by atoms with Crippen LogP contribution in [0.1, 0.15) is 62.1 Å². The van der Waals surface area contributed by atoms with Gasteiger partial charge in [0.1, 0.15) is 0 Å². The fraction of sp³-hybridized carbons (Fsp3) is 0. The van der Waals surface area contributed by atoms with E-state index in [-0.39, 0.29) is 34.0 Å². The summed E-state index contributed by atoms with van der Waals surface area (Å²) in [5, 5.41) is 38.1. The van der Waals surface area contributed by atoms with Crippen LogP contribution in [0.25, 0.3) is 21.5 Å². The van der Waals surface area contributed by atoms with Gasteiger partial charge in [-0.2, -0.15) is 0 Å². The summed E-state index contributed by atoms with van der Waals surface area (Å²) in [6.45, 7) is 0.